The highest BCUT2D eigenvalue weighted by Crippen LogP contribution is 2.30. The molecule has 0 saturated carbocycles. The third kappa shape index (κ3) is 1.94. The van der Waals surface area contributed by atoms with E-state index in [1.807, 2.05) is 19.1 Å². The second-order valence-electron chi connectivity index (χ2n) is 4.68. The second-order valence-corrected chi connectivity index (χ2v) is 4.68. The van der Waals surface area contributed by atoms with Gasteiger partial charge in [0.05, 0.1) is 0 Å². The van der Waals surface area contributed by atoms with Crippen molar-refractivity contribution in [1.82, 2.24) is 9.97 Å². The molecule has 0 radical (unpaired) electrons. The van der Waals surface area contributed by atoms with E-state index in [9.17, 15) is 4.39 Å². The summed E-state index contributed by atoms with van der Waals surface area (Å²) >= 11 is 0. The smallest absolute Gasteiger partial charge is 0.225 e. The quantitative estimate of drug-likeness (QED) is 0.811. The summed E-state index contributed by atoms with van der Waals surface area (Å²) in [5.41, 5.74) is 1.84. The fourth-order valence-electron chi connectivity index (χ4n) is 2.19. The van der Waals surface area contributed by atoms with Crippen LogP contribution in [0, 0.1) is 12.7 Å². The van der Waals surface area contributed by atoms with Gasteiger partial charge in [-0.2, -0.15) is 0 Å². The zero-order valence-corrected chi connectivity index (χ0v) is 10.2. The van der Waals surface area contributed by atoms with Crippen LogP contribution in [0.4, 0.5) is 10.3 Å². The maximum absolute atomic E-state index is 13.6. The maximum Gasteiger partial charge on any atom is 0.225 e. The maximum atomic E-state index is 13.6. The Balaban J connectivity index is 1.70. The standard InChI is InChI=1S/C14H14FN3/c1-10-6-16-14(17-7-10)18-8-11(9-18)12-4-2-3-5-13(12)15/h2-7,11H,8-9H2,1H3. The average Bonchev–Trinajstić information content (AvgIpc) is 2.32. The van der Waals surface area contributed by atoms with Crippen molar-refractivity contribution in [3.63, 3.8) is 0 Å². The van der Waals surface area contributed by atoms with Crippen LogP contribution in [0.3, 0.4) is 0 Å². The third-order valence-corrected chi connectivity index (χ3v) is 3.28. The van der Waals surface area contributed by atoms with Crippen LogP contribution < -0.4 is 4.90 Å². The number of aromatic nitrogens is 2. The Morgan fingerprint density at radius 2 is 1.83 bits per heavy atom. The SMILES string of the molecule is Cc1cnc(N2CC(c3ccccc3F)C2)nc1. The number of benzene rings is 1. The first-order chi connectivity index (χ1) is 8.74. The van der Waals surface area contributed by atoms with Crippen molar-refractivity contribution in [3.05, 3.63) is 53.6 Å². The molecular weight excluding hydrogens is 229 g/mol. The predicted molar refractivity (Wildman–Crippen MR) is 68.1 cm³/mol. The van der Waals surface area contributed by atoms with Gasteiger partial charge in [-0.1, -0.05) is 18.2 Å². The lowest BCUT2D eigenvalue weighted by Crippen LogP contribution is -2.46. The van der Waals surface area contributed by atoms with Crippen molar-refractivity contribution in [1.29, 1.82) is 0 Å². The zero-order chi connectivity index (χ0) is 12.5. The van der Waals surface area contributed by atoms with Gasteiger partial charge in [-0.15, -0.1) is 0 Å². The van der Waals surface area contributed by atoms with Gasteiger partial charge >= 0.3 is 0 Å². The van der Waals surface area contributed by atoms with Gasteiger partial charge in [0, 0.05) is 31.4 Å². The molecular formula is C14H14FN3. The summed E-state index contributed by atoms with van der Waals surface area (Å²) in [6.07, 6.45) is 3.61. The Bertz CT molecular complexity index is 547. The highest BCUT2D eigenvalue weighted by molar-refractivity contribution is 5.39. The number of rotatable bonds is 2. The molecule has 3 rings (SSSR count). The Morgan fingerprint density at radius 1 is 1.17 bits per heavy atom. The average molecular weight is 243 g/mol. The molecule has 0 spiro atoms. The van der Waals surface area contributed by atoms with Crippen molar-refractivity contribution < 1.29 is 4.39 Å². The van der Waals surface area contributed by atoms with E-state index < -0.39 is 0 Å². The molecule has 0 amide bonds. The fraction of sp³-hybridized carbons (Fsp3) is 0.286. The molecule has 1 aromatic carbocycles. The minimum Gasteiger partial charge on any atom is -0.339 e. The van der Waals surface area contributed by atoms with Gasteiger partial charge in [-0.25, -0.2) is 14.4 Å². The zero-order valence-electron chi connectivity index (χ0n) is 10.2. The first kappa shape index (κ1) is 11.1. The highest BCUT2D eigenvalue weighted by atomic mass is 19.1. The Labute approximate surface area is 105 Å². The van der Waals surface area contributed by atoms with Crippen LogP contribution in [-0.2, 0) is 0 Å². The molecule has 0 bridgehead atoms. The van der Waals surface area contributed by atoms with E-state index >= 15 is 0 Å². The Kier molecular flexibility index (Phi) is 2.70. The monoisotopic (exact) mass is 243 g/mol. The molecule has 1 fully saturated rings. The van der Waals surface area contributed by atoms with Gasteiger partial charge in [0.1, 0.15) is 5.82 Å². The Morgan fingerprint density at radius 3 is 2.50 bits per heavy atom. The molecule has 1 aromatic heterocycles. The van der Waals surface area contributed by atoms with E-state index in [-0.39, 0.29) is 11.7 Å². The summed E-state index contributed by atoms with van der Waals surface area (Å²) in [5.74, 6) is 0.858. The molecule has 0 unspecified atom stereocenters. The van der Waals surface area contributed by atoms with Crippen molar-refractivity contribution >= 4 is 5.95 Å². The van der Waals surface area contributed by atoms with E-state index in [1.54, 1.807) is 18.5 Å². The molecule has 0 N–H and O–H groups in total. The van der Waals surface area contributed by atoms with Crippen molar-refractivity contribution in [3.8, 4) is 0 Å². The van der Waals surface area contributed by atoms with Crippen molar-refractivity contribution in [2.45, 2.75) is 12.8 Å². The number of halogens is 1. The van der Waals surface area contributed by atoms with Gasteiger partial charge in [-0.3, -0.25) is 0 Å². The first-order valence-corrected chi connectivity index (χ1v) is 6.02. The van der Waals surface area contributed by atoms with E-state index in [4.69, 9.17) is 0 Å². The highest BCUT2D eigenvalue weighted by Gasteiger charge is 2.31. The van der Waals surface area contributed by atoms with Crippen molar-refractivity contribution in [2.75, 3.05) is 18.0 Å². The number of anilines is 1. The molecule has 3 nitrogen and oxygen atoms in total. The van der Waals surface area contributed by atoms with E-state index in [1.165, 1.54) is 6.07 Å². The summed E-state index contributed by atoms with van der Waals surface area (Å²) in [7, 11) is 0. The van der Waals surface area contributed by atoms with Crippen LogP contribution in [0.25, 0.3) is 0 Å². The predicted octanol–water partition coefficient (Wildman–Crippen LogP) is 2.53. The lowest BCUT2D eigenvalue weighted by atomic mass is 9.91. The minimum absolute atomic E-state index is 0.119. The van der Waals surface area contributed by atoms with Crippen LogP contribution in [0.1, 0.15) is 17.0 Å². The molecule has 0 aliphatic carbocycles. The topological polar surface area (TPSA) is 29.0 Å². The van der Waals surface area contributed by atoms with Crippen LogP contribution in [0.2, 0.25) is 0 Å². The Hall–Kier alpha value is -1.97. The normalized spacial score (nSPS) is 15.6. The summed E-state index contributed by atoms with van der Waals surface area (Å²) in [6, 6.07) is 6.97. The number of hydrogen-bond acceptors (Lipinski definition) is 3. The summed E-state index contributed by atoms with van der Waals surface area (Å²) < 4.78 is 13.6. The fourth-order valence-corrected chi connectivity index (χ4v) is 2.19. The van der Waals surface area contributed by atoms with Gasteiger partial charge in [0.15, 0.2) is 0 Å². The van der Waals surface area contributed by atoms with E-state index in [0.29, 0.717) is 0 Å². The molecule has 0 atom stereocenters. The number of hydrogen-bond donors (Lipinski definition) is 0. The van der Waals surface area contributed by atoms with Gasteiger partial charge in [0.2, 0.25) is 5.95 Å². The lowest BCUT2D eigenvalue weighted by Gasteiger charge is -2.39. The molecule has 4 heteroatoms. The second kappa shape index (κ2) is 4.37. The third-order valence-electron chi connectivity index (χ3n) is 3.28. The van der Waals surface area contributed by atoms with Crippen molar-refractivity contribution in [2.24, 2.45) is 0 Å². The molecule has 92 valence electrons. The van der Waals surface area contributed by atoms with Gasteiger partial charge in [-0.05, 0) is 24.1 Å². The molecule has 2 aromatic rings. The largest absolute Gasteiger partial charge is 0.339 e. The van der Waals surface area contributed by atoms with Crippen LogP contribution in [0.15, 0.2) is 36.7 Å². The van der Waals surface area contributed by atoms with Crippen LogP contribution >= 0.6 is 0 Å². The molecule has 2 heterocycles. The van der Waals surface area contributed by atoms with E-state index in [0.717, 1.165) is 30.2 Å². The van der Waals surface area contributed by atoms with Crippen LogP contribution in [-0.4, -0.2) is 23.1 Å². The summed E-state index contributed by atoms with van der Waals surface area (Å²) in [4.78, 5) is 10.6. The minimum atomic E-state index is -0.119. The molecule has 1 aliphatic rings. The number of aryl methyl sites for hydroxylation is 1. The number of nitrogens with zero attached hydrogens (tertiary/aromatic N) is 3. The molecule has 1 aliphatic heterocycles. The van der Waals surface area contributed by atoms with E-state index in [2.05, 4.69) is 14.9 Å². The van der Waals surface area contributed by atoms with Gasteiger partial charge < -0.3 is 4.90 Å². The summed E-state index contributed by atoms with van der Waals surface area (Å²) in [5, 5.41) is 0. The van der Waals surface area contributed by atoms with Gasteiger partial charge in [0.25, 0.3) is 0 Å². The summed E-state index contributed by atoms with van der Waals surface area (Å²) in [6.45, 7) is 3.52. The molecule has 18 heavy (non-hydrogen) atoms. The van der Waals surface area contributed by atoms with Crippen LogP contribution in [0.5, 0.6) is 0 Å². The lowest BCUT2D eigenvalue weighted by molar-refractivity contribution is 0.486. The molecule has 1 saturated heterocycles. The first-order valence-electron chi connectivity index (χ1n) is 6.02.